The van der Waals surface area contributed by atoms with Gasteiger partial charge in [0.25, 0.3) is 0 Å². The maximum atomic E-state index is 8.70. The van der Waals surface area contributed by atoms with Crippen molar-refractivity contribution >= 4 is 0 Å². The summed E-state index contributed by atoms with van der Waals surface area (Å²) in [6.07, 6.45) is 8.36. The van der Waals surface area contributed by atoms with Crippen molar-refractivity contribution in [3.63, 3.8) is 0 Å². The molecule has 13 heavy (non-hydrogen) atoms. The summed E-state index contributed by atoms with van der Waals surface area (Å²) in [6.45, 7) is 0.690. The van der Waals surface area contributed by atoms with Crippen molar-refractivity contribution in [3.05, 3.63) is 0 Å². The van der Waals surface area contributed by atoms with Crippen molar-refractivity contribution in [3.8, 4) is 0 Å². The molecule has 78 valence electrons. The molecule has 0 bridgehead atoms. The Labute approximate surface area is 81.0 Å². The van der Waals surface area contributed by atoms with Gasteiger partial charge in [-0.25, -0.2) is 0 Å². The number of hydrogen-bond donors (Lipinski definition) is 2. The zero-order chi connectivity index (χ0) is 9.52. The molecule has 0 aromatic heterocycles. The molecule has 0 spiro atoms. The fraction of sp³-hybridized carbons (Fsp3) is 1.00. The third-order valence-electron chi connectivity index (χ3n) is 3.19. The van der Waals surface area contributed by atoms with Crippen molar-refractivity contribution in [1.82, 2.24) is 0 Å². The van der Waals surface area contributed by atoms with Gasteiger partial charge >= 0.3 is 0 Å². The summed E-state index contributed by atoms with van der Waals surface area (Å²) in [7, 11) is 0. The van der Waals surface area contributed by atoms with Gasteiger partial charge in [-0.2, -0.15) is 0 Å². The number of rotatable bonds is 6. The van der Waals surface area contributed by atoms with Crippen LogP contribution in [0.5, 0.6) is 0 Å². The van der Waals surface area contributed by atoms with Crippen molar-refractivity contribution in [2.24, 2.45) is 11.8 Å². The normalized spacial score (nSPS) is 28.2. The SMILES string of the molecule is OCCCC1CCC(CCCO)C1. The van der Waals surface area contributed by atoms with Crippen LogP contribution in [-0.4, -0.2) is 23.4 Å². The highest BCUT2D eigenvalue weighted by Crippen LogP contribution is 2.36. The van der Waals surface area contributed by atoms with Crippen LogP contribution in [0.4, 0.5) is 0 Å². The van der Waals surface area contributed by atoms with Crippen LogP contribution in [0.1, 0.15) is 44.9 Å². The Kier molecular flexibility index (Phi) is 5.40. The van der Waals surface area contributed by atoms with Crippen LogP contribution in [0.2, 0.25) is 0 Å². The van der Waals surface area contributed by atoms with Crippen LogP contribution in [-0.2, 0) is 0 Å². The highest BCUT2D eigenvalue weighted by atomic mass is 16.3. The molecule has 2 nitrogen and oxygen atoms in total. The smallest absolute Gasteiger partial charge is 0.0431 e. The van der Waals surface area contributed by atoms with E-state index < -0.39 is 0 Å². The lowest BCUT2D eigenvalue weighted by Gasteiger charge is -2.09. The first-order chi connectivity index (χ1) is 6.36. The Morgan fingerprint density at radius 3 is 1.69 bits per heavy atom. The second kappa shape index (κ2) is 6.39. The molecule has 0 saturated heterocycles. The Morgan fingerprint density at radius 1 is 0.846 bits per heavy atom. The average Bonchev–Trinajstić information content (AvgIpc) is 2.59. The van der Waals surface area contributed by atoms with E-state index in [1.54, 1.807) is 0 Å². The molecule has 1 fully saturated rings. The molecule has 1 aliphatic carbocycles. The van der Waals surface area contributed by atoms with E-state index in [4.69, 9.17) is 10.2 Å². The lowest BCUT2D eigenvalue weighted by molar-refractivity contribution is 0.263. The molecular weight excluding hydrogens is 164 g/mol. The van der Waals surface area contributed by atoms with Gasteiger partial charge in [-0.3, -0.25) is 0 Å². The lowest BCUT2D eigenvalue weighted by atomic mass is 9.97. The summed E-state index contributed by atoms with van der Waals surface area (Å²) in [5.74, 6) is 1.71. The highest BCUT2D eigenvalue weighted by molar-refractivity contribution is 4.75. The molecular formula is C11H22O2. The predicted molar refractivity (Wildman–Crippen MR) is 53.5 cm³/mol. The molecule has 0 amide bonds. The van der Waals surface area contributed by atoms with Crippen molar-refractivity contribution < 1.29 is 10.2 Å². The number of aliphatic hydroxyl groups is 2. The van der Waals surface area contributed by atoms with Crippen LogP contribution in [0.25, 0.3) is 0 Å². The van der Waals surface area contributed by atoms with Crippen molar-refractivity contribution in [2.45, 2.75) is 44.9 Å². The Morgan fingerprint density at radius 2 is 1.31 bits per heavy atom. The third-order valence-corrected chi connectivity index (χ3v) is 3.19. The molecule has 1 aliphatic rings. The predicted octanol–water partition coefficient (Wildman–Crippen LogP) is 1.95. The molecule has 0 heterocycles. The molecule has 0 aliphatic heterocycles. The van der Waals surface area contributed by atoms with E-state index in [0.29, 0.717) is 13.2 Å². The van der Waals surface area contributed by atoms with Crippen molar-refractivity contribution in [1.29, 1.82) is 0 Å². The average molecular weight is 186 g/mol. The molecule has 2 heteroatoms. The quantitative estimate of drug-likeness (QED) is 0.665. The zero-order valence-corrected chi connectivity index (χ0v) is 8.41. The molecule has 0 aromatic carbocycles. The molecule has 0 aromatic rings. The fourth-order valence-corrected chi connectivity index (χ4v) is 2.46. The van der Waals surface area contributed by atoms with E-state index in [0.717, 1.165) is 24.7 Å². The summed E-state index contributed by atoms with van der Waals surface area (Å²) in [5.41, 5.74) is 0. The first kappa shape index (κ1) is 11.0. The minimum Gasteiger partial charge on any atom is -0.396 e. The zero-order valence-electron chi connectivity index (χ0n) is 8.41. The van der Waals surface area contributed by atoms with Crippen LogP contribution >= 0.6 is 0 Å². The Bertz CT molecular complexity index is 111. The Balaban J connectivity index is 2.05. The van der Waals surface area contributed by atoms with Crippen LogP contribution in [0.3, 0.4) is 0 Å². The highest BCUT2D eigenvalue weighted by Gasteiger charge is 2.23. The minimum absolute atomic E-state index is 0.345. The van der Waals surface area contributed by atoms with Crippen LogP contribution < -0.4 is 0 Å². The summed E-state index contributed by atoms with van der Waals surface area (Å²) < 4.78 is 0. The van der Waals surface area contributed by atoms with Gasteiger partial charge in [0, 0.05) is 13.2 Å². The van der Waals surface area contributed by atoms with Gasteiger partial charge in [0.05, 0.1) is 0 Å². The van der Waals surface area contributed by atoms with Gasteiger partial charge in [0.1, 0.15) is 0 Å². The monoisotopic (exact) mass is 186 g/mol. The van der Waals surface area contributed by atoms with Gasteiger partial charge < -0.3 is 10.2 Å². The van der Waals surface area contributed by atoms with E-state index in [1.807, 2.05) is 0 Å². The van der Waals surface area contributed by atoms with Gasteiger partial charge in [-0.15, -0.1) is 0 Å². The van der Waals surface area contributed by atoms with E-state index in [1.165, 1.54) is 32.1 Å². The third kappa shape index (κ3) is 4.10. The molecule has 1 rings (SSSR count). The van der Waals surface area contributed by atoms with E-state index in [9.17, 15) is 0 Å². The maximum absolute atomic E-state index is 8.70. The van der Waals surface area contributed by atoms with Crippen LogP contribution in [0.15, 0.2) is 0 Å². The topological polar surface area (TPSA) is 40.5 Å². The first-order valence-electron chi connectivity index (χ1n) is 5.58. The standard InChI is InChI=1S/C11H22O2/c12-7-1-3-10-5-6-11(9-10)4-2-8-13/h10-13H,1-9H2. The second-order valence-electron chi connectivity index (χ2n) is 4.28. The summed E-state index contributed by atoms with van der Waals surface area (Å²) >= 11 is 0. The molecule has 0 radical (unpaired) electrons. The van der Waals surface area contributed by atoms with Crippen molar-refractivity contribution in [2.75, 3.05) is 13.2 Å². The largest absolute Gasteiger partial charge is 0.396 e. The first-order valence-corrected chi connectivity index (χ1v) is 5.58. The summed E-state index contributed by atoms with van der Waals surface area (Å²) in [5, 5.41) is 17.4. The summed E-state index contributed by atoms with van der Waals surface area (Å²) in [6, 6.07) is 0. The Hall–Kier alpha value is -0.0800. The lowest BCUT2D eigenvalue weighted by Crippen LogP contribution is -1.99. The van der Waals surface area contributed by atoms with Crippen LogP contribution in [0, 0.1) is 11.8 Å². The number of hydrogen-bond acceptors (Lipinski definition) is 2. The fourth-order valence-electron chi connectivity index (χ4n) is 2.46. The van der Waals surface area contributed by atoms with Gasteiger partial charge in [0.2, 0.25) is 0 Å². The second-order valence-corrected chi connectivity index (χ2v) is 4.28. The maximum Gasteiger partial charge on any atom is 0.0431 e. The van der Waals surface area contributed by atoms with E-state index in [-0.39, 0.29) is 0 Å². The van der Waals surface area contributed by atoms with E-state index >= 15 is 0 Å². The van der Waals surface area contributed by atoms with Gasteiger partial charge in [-0.1, -0.05) is 12.8 Å². The molecule has 2 atom stereocenters. The minimum atomic E-state index is 0.345. The van der Waals surface area contributed by atoms with Gasteiger partial charge in [-0.05, 0) is 43.9 Å². The summed E-state index contributed by atoms with van der Waals surface area (Å²) in [4.78, 5) is 0. The molecule has 2 N–H and O–H groups in total. The van der Waals surface area contributed by atoms with E-state index in [2.05, 4.69) is 0 Å². The molecule has 2 unspecified atom stereocenters. The molecule has 1 saturated carbocycles. The van der Waals surface area contributed by atoms with Gasteiger partial charge in [0.15, 0.2) is 0 Å². The number of aliphatic hydroxyl groups excluding tert-OH is 2.